The third kappa shape index (κ3) is 7.32. The van der Waals surface area contributed by atoms with Gasteiger partial charge in [0.2, 0.25) is 11.8 Å². The number of halogens is 2. The van der Waals surface area contributed by atoms with E-state index >= 15 is 0 Å². The molecule has 3 heterocycles. The number of amides is 3. The highest BCUT2D eigenvalue weighted by Crippen LogP contribution is 2.60. The molecule has 0 radical (unpaired) electrons. The fraction of sp³-hybridized carbons (Fsp3) is 0.576. The second-order valence-electron chi connectivity index (χ2n) is 11.9. The van der Waals surface area contributed by atoms with Crippen molar-refractivity contribution in [3.63, 3.8) is 0 Å². The van der Waals surface area contributed by atoms with Crippen molar-refractivity contribution >= 4 is 56.9 Å². The van der Waals surface area contributed by atoms with Gasteiger partial charge in [-0.25, -0.2) is 0 Å². The van der Waals surface area contributed by atoms with Crippen molar-refractivity contribution in [1.82, 2.24) is 10.2 Å². The maximum atomic E-state index is 14.6. The number of allylic oxidation sites excluding steroid dienone is 1. The molecule has 1 aromatic carbocycles. The van der Waals surface area contributed by atoms with E-state index in [1.54, 1.807) is 48.2 Å². The van der Waals surface area contributed by atoms with Crippen LogP contribution in [0.4, 0.5) is 5.69 Å². The maximum Gasteiger partial charge on any atom is 0.312 e. The van der Waals surface area contributed by atoms with Gasteiger partial charge in [0.25, 0.3) is 5.91 Å². The van der Waals surface area contributed by atoms with Crippen molar-refractivity contribution < 1.29 is 33.8 Å². The summed E-state index contributed by atoms with van der Waals surface area (Å²) in [6.45, 7) is 9.79. The number of para-hydroxylation sites is 1. The van der Waals surface area contributed by atoms with Gasteiger partial charge in [0.05, 0.1) is 35.2 Å². The van der Waals surface area contributed by atoms with E-state index < -0.39 is 41.7 Å². The molecule has 0 saturated carbocycles. The second kappa shape index (κ2) is 15.7. The normalized spacial score (nSPS) is 27.2. The first-order valence-corrected chi connectivity index (χ1v) is 16.9. The van der Waals surface area contributed by atoms with Gasteiger partial charge in [-0.2, -0.15) is 0 Å². The molecule has 3 fully saturated rings. The zero-order valence-corrected chi connectivity index (χ0v) is 28.0. The fourth-order valence-electron chi connectivity index (χ4n) is 6.82. The van der Waals surface area contributed by atoms with Crippen LogP contribution in [0.1, 0.15) is 51.9 Å². The van der Waals surface area contributed by atoms with Crippen molar-refractivity contribution in [2.24, 2.45) is 11.8 Å². The second-order valence-corrected chi connectivity index (χ2v) is 13.5. The standard InChI is InChI=1S/C33H43BrClN3O7/c1-4-6-15-25(40)36-20-21(3)44-32(43)26-27-30(41)38(17-11-7-8-12-18-39)29(33(27)19-22(34)28(26)45-33)31(42)37(16-5-2)24-14-10-9-13-23(24)35/h4-5,9-10,13-14,21-22,26-29,39H,1-2,6-8,11-12,15-20H2,3H3,(H,36,40)/t21-,22?,26-,27+,28-,29-,33+/m1/s1. The number of rotatable bonds is 17. The number of likely N-dealkylation sites (tertiary alicyclic amines) is 1. The van der Waals surface area contributed by atoms with Crippen molar-refractivity contribution in [2.45, 2.75) is 80.5 Å². The molecule has 7 atom stereocenters. The van der Waals surface area contributed by atoms with Crippen LogP contribution in [-0.4, -0.2) is 88.6 Å². The first-order valence-electron chi connectivity index (χ1n) is 15.6. The van der Waals surface area contributed by atoms with Gasteiger partial charge in [0, 0.05) is 30.9 Å². The van der Waals surface area contributed by atoms with Crippen LogP contribution in [0.2, 0.25) is 5.02 Å². The molecular formula is C33H43BrClN3O7. The van der Waals surface area contributed by atoms with E-state index in [0.29, 0.717) is 42.9 Å². The summed E-state index contributed by atoms with van der Waals surface area (Å²) in [7, 11) is 0. The zero-order chi connectivity index (χ0) is 32.7. The summed E-state index contributed by atoms with van der Waals surface area (Å²) in [6.07, 6.45) is 5.94. The minimum atomic E-state index is -1.26. The van der Waals surface area contributed by atoms with Crippen LogP contribution in [-0.2, 0) is 28.7 Å². The summed E-state index contributed by atoms with van der Waals surface area (Å²) in [5, 5.41) is 12.3. The number of nitrogens with one attached hydrogen (secondary N) is 1. The molecule has 45 heavy (non-hydrogen) atoms. The molecule has 1 aromatic rings. The molecule has 10 nitrogen and oxygen atoms in total. The van der Waals surface area contributed by atoms with E-state index in [-0.39, 0.29) is 48.7 Å². The number of nitrogens with zero attached hydrogens (tertiary/aromatic N) is 2. The number of esters is 1. The average Bonchev–Trinajstić information content (AvgIpc) is 3.61. The van der Waals surface area contributed by atoms with E-state index in [1.807, 2.05) is 0 Å². The first-order chi connectivity index (χ1) is 21.6. The summed E-state index contributed by atoms with van der Waals surface area (Å²) in [4.78, 5) is 57.5. The monoisotopic (exact) mass is 707 g/mol. The Morgan fingerprint density at radius 3 is 2.67 bits per heavy atom. The van der Waals surface area contributed by atoms with Crippen LogP contribution in [0.3, 0.4) is 0 Å². The number of carbonyl (C=O) groups is 4. The highest BCUT2D eigenvalue weighted by Gasteiger charge is 2.77. The highest BCUT2D eigenvalue weighted by molar-refractivity contribution is 9.09. The number of benzene rings is 1. The van der Waals surface area contributed by atoms with Crippen LogP contribution >= 0.6 is 27.5 Å². The minimum Gasteiger partial charge on any atom is -0.460 e. The first kappa shape index (κ1) is 35.1. The third-order valence-corrected chi connectivity index (χ3v) is 9.97. The number of hydrogen-bond acceptors (Lipinski definition) is 7. The molecule has 2 bridgehead atoms. The summed E-state index contributed by atoms with van der Waals surface area (Å²) >= 11 is 10.2. The SMILES string of the molecule is C=CCCC(=O)NC[C@@H](C)OC(=O)[C@H]1[C@@H]2O[C@@]3(CC2Br)[C@@H]1C(=O)N(CCCCCCO)[C@@H]3C(=O)N(CC=C)c1ccccc1Cl. The molecule has 3 aliphatic heterocycles. The number of hydrogen-bond donors (Lipinski definition) is 2. The Labute approximate surface area is 278 Å². The smallest absolute Gasteiger partial charge is 0.312 e. The zero-order valence-electron chi connectivity index (χ0n) is 25.7. The van der Waals surface area contributed by atoms with Crippen molar-refractivity contribution in [3.8, 4) is 0 Å². The molecule has 3 aliphatic rings. The van der Waals surface area contributed by atoms with Gasteiger partial charge in [-0.05, 0) is 44.7 Å². The van der Waals surface area contributed by atoms with Crippen molar-refractivity contribution in [3.05, 3.63) is 54.6 Å². The van der Waals surface area contributed by atoms with Crippen LogP contribution in [0, 0.1) is 11.8 Å². The molecule has 1 spiro atoms. The number of fused-ring (bicyclic) bond motifs is 1. The molecule has 3 saturated heterocycles. The van der Waals surface area contributed by atoms with Crippen LogP contribution in [0.25, 0.3) is 0 Å². The molecule has 0 aliphatic carbocycles. The van der Waals surface area contributed by atoms with Gasteiger partial charge >= 0.3 is 5.97 Å². The third-order valence-electron chi connectivity index (χ3n) is 8.80. The maximum absolute atomic E-state index is 14.6. The molecule has 246 valence electrons. The van der Waals surface area contributed by atoms with Gasteiger partial charge in [0.15, 0.2) is 0 Å². The van der Waals surface area contributed by atoms with E-state index in [1.165, 1.54) is 4.90 Å². The van der Waals surface area contributed by atoms with Gasteiger partial charge in [0.1, 0.15) is 17.7 Å². The predicted octanol–water partition coefficient (Wildman–Crippen LogP) is 4.17. The highest BCUT2D eigenvalue weighted by atomic mass is 79.9. The molecule has 0 aromatic heterocycles. The number of anilines is 1. The van der Waals surface area contributed by atoms with Crippen LogP contribution < -0.4 is 10.2 Å². The Morgan fingerprint density at radius 1 is 1.24 bits per heavy atom. The van der Waals surface area contributed by atoms with E-state index in [0.717, 1.165) is 12.8 Å². The van der Waals surface area contributed by atoms with E-state index in [2.05, 4.69) is 34.4 Å². The number of alkyl halides is 1. The quantitative estimate of drug-likeness (QED) is 0.108. The Hall–Kier alpha value is -2.73. The molecular weight excluding hydrogens is 666 g/mol. The lowest BCUT2D eigenvalue weighted by Crippen LogP contribution is -2.57. The minimum absolute atomic E-state index is 0.0892. The Balaban J connectivity index is 1.63. The molecule has 3 amide bonds. The lowest BCUT2D eigenvalue weighted by molar-refractivity contribution is -0.159. The van der Waals surface area contributed by atoms with Crippen LogP contribution in [0.15, 0.2) is 49.6 Å². The lowest BCUT2D eigenvalue weighted by atomic mass is 9.70. The number of carbonyl (C=O) groups excluding carboxylic acids is 4. The van der Waals surface area contributed by atoms with Gasteiger partial charge in [-0.15, -0.1) is 13.2 Å². The van der Waals surface area contributed by atoms with Crippen LogP contribution in [0.5, 0.6) is 0 Å². The van der Waals surface area contributed by atoms with Gasteiger partial charge in [-0.1, -0.05) is 64.7 Å². The largest absolute Gasteiger partial charge is 0.460 e. The molecule has 2 N–H and O–H groups in total. The Morgan fingerprint density at radius 2 is 1.98 bits per heavy atom. The predicted molar refractivity (Wildman–Crippen MR) is 175 cm³/mol. The summed E-state index contributed by atoms with van der Waals surface area (Å²) in [6, 6.07) is 5.99. The number of aliphatic hydroxyl groups is 1. The van der Waals surface area contributed by atoms with Crippen molar-refractivity contribution in [2.75, 3.05) is 31.1 Å². The Bertz CT molecular complexity index is 1280. The summed E-state index contributed by atoms with van der Waals surface area (Å²) in [5.74, 6) is -3.30. The number of aliphatic hydroxyl groups excluding tert-OH is 1. The van der Waals surface area contributed by atoms with Gasteiger partial charge < -0.3 is 29.7 Å². The fourth-order valence-corrected chi connectivity index (χ4v) is 8.00. The molecule has 4 rings (SSSR count). The van der Waals surface area contributed by atoms with Crippen molar-refractivity contribution in [1.29, 1.82) is 0 Å². The number of unbranched alkanes of at least 4 members (excludes halogenated alkanes) is 3. The lowest BCUT2D eigenvalue weighted by Gasteiger charge is -2.37. The summed E-state index contributed by atoms with van der Waals surface area (Å²) < 4.78 is 12.4. The summed E-state index contributed by atoms with van der Waals surface area (Å²) in [5.41, 5.74) is -0.771. The average molecular weight is 709 g/mol. The Kier molecular flexibility index (Phi) is 12.3. The van der Waals surface area contributed by atoms with E-state index in [4.69, 9.17) is 21.1 Å². The number of ether oxygens (including phenoxy) is 2. The van der Waals surface area contributed by atoms with Gasteiger partial charge in [-0.3, -0.25) is 19.2 Å². The molecule has 1 unspecified atom stereocenters. The van der Waals surface area contributed by atoms with E-state index in [9.17, 15) is 24.3 Å². The molecule has 12 heteroatoms. The topological polar surface area (TPSA) is 125 Å².